The van der Waals surface area contributed by atoms with Crippen molar-refractivity contribution in [1.29, 1.82) is 0 Å². The second-order valence-electron chi connectivity index (χ2n) is 8.86. The summed E-state index contributed by atoms with van der Waals surface area (Å²) in [5.74, 6) is 1.91. The van der Waals surface area contributed by atoms with E-state index >= 15 is 0 Å². The minimum absolute atomic E-state index is 0.199. The average Bonchev–Trinajstić information content (AvgIpc) is 3.13. The van der Waals surface area contributed by atoms with Gasteiger partial charge in [-0.3, -0.25) is 4.79 Å². The standard InChI is InChI=1S/C29H32N2O2/c1-5-30(6-2)20-13-15-24-27(17-20)33-28-18-21(31(7-3)8-4)14-16-25(28)29(24)19-26(32)22-11-9-10-12-23(22)29/h9-18H,5-8,19H2,1-4H3. The third kappa shape index (κ3) is 3.15. The first-order valence-electron chi connectivity index (χ1n) is 12.2. The lowest BCUT2D eigenvalue weighted by Crippen LogP contribution is -2.32. The number of hydrogen-bond acceptors (Lipinski definition) is 4. The van der Waals surface area contributed by atoms with Gasteiger partial charge in [0.05, 0.1) is 5.41 Å². The van der Waals surface area contributed by atoms with Gasteiger partial charge >= 0.3 is 0 Å². The Bertz CT molecular complexity index is 1150. The molecule has 0 unspecified atom stereocenters. The zero-order valence-corrected chi connectivity index (χ0v) is 20.0. The Morgan fingerprint density at radius 2 is 1.24 bits per heavy atom. The highest BCUT2D eigenvalue weighted by molar-refractivity contribution is 6.04. The van der Waals surface area contributed by atoms with E-state index in [1.807, 2.05) is 18.2 Å². The van der Waals surface area contributed by atoms with Crippen molar-refractivity contribution in [2.75, 3.05) is 36.0 Å². The summed E-state index contributed by atoms with van der Waals surface area (Å²) in [7, 11) is 0. The largest absolute Gasteiger partial charge is 0.457 e. The van der Waals surface area contributed by atoms with Crippen LogP contribution in [0.4, 0.5) is 11.4 Å². The van der Waals surface area contributed by atoms with Gasteiger partial charge in [0.15, 0.2) is 5.78 Å². The number of carbonyl (C=O) groups is 1. The quantitative estimate of drug-likeness (QED) is 0.444. The molecule has 0 amide bonds. The highest BCUT2D eigenvalue weighted by Crippen LogP contribution is 2.58. The molecule has 3 aromatic rings. The number of hydrogen-bond donors (Lipinski definition) is 0. The molecule has 0 bridgehead atoms. The first-order chi connectivity index (χ1) is 16.1. The summed E-state index contributed by atoms with van der Waals surface area (Å²) in [6, 6.07) is 21.1. The highest BCUT2D eigenvalue weighted by atomic mass is 16.5. The molecule has 0 saturated heterocycles. The molecule has 0 saturated carbocycles. The van der Waals surface area contributed by atoms with Crippen molar-refractivity contribution in [3.8, 4) is 11.5 Å². The molecule has 4 nitrogen and oxygen atoms in total. The van der Waals surface area contributed by atoms with Gasteiger partial charge in [-0.15, -0.1) is 0 Å². The third-order valence-electron chi connectivity index (χ3n) is 7.44. The highest BCUT2D eigenvalue weighted by Gasteiger charge is 2.51. The predicted octanol–water partition coefficient (Wildman–Crippen LogP) is 6.41. The summed E-state index contributed by atoms with van der Waals surface area (Å²) >= 11 is 0. The van der Waals surface area contributed by atoms with E-state index in [1.54, 1.807) is 0 Å². The maximum absolute atomic E-state index is 13.2. The Morgan fingerprint density at radius 1 is 0.727 bits per heavy atom. The van der Waals surface area contributed by atoms with E-state index < -0.39 is 5.41 Å². The van der Waals surface area contributed by atoms with E-state index in [9.17, 15) is 4.79 Å². The van der Waals surface area contributed by atoms with Crippen molar-refractivity contribution in [3.05, 3.63) is 82.9 Å². The van der Waals surface area contributed by atoms with Crippen molar-refractivity contribution in [1.82, 2.24) is 0 Å². The Morgan fingerprint density at radius 3 is 1.76 bits per heavy atom. The number of rotatable bonds is 6. The SMILES string of the molecule is CCN(CC)c1ccc2c(c1)Oc1cc(N(CC)CC)ccc1C21CC(=O)c2ccccc21. The van der Waals surface area contributed by atoms with Gasteiger partial charge in [0.2, 0.25) is 0 Å². The first kappa shape index (κ1) is 21.6. The maximum Gasteiger partial charge on any atom is 0.164 e. The van der Waals surface area contributed by atoms with Crippen LogP contribution in [0.5, 0.6) is 11.5 Å². The van der Waals surface area contributed by atoms with Crippen LogP contribution in [0.3, 0.4) is 0 Å². The van der Waals surface area contributed by atoms with Crippen LogP contribution in [0.15, 0.2) is 60.7 Å². The number of anilines is 2. The Hall–Kier alpha value is -3.27. The smallest absolute Gasteiger partial charge is 0.164 e. The molecule has 1 heterocycles. The second kappa shape index (κ2) is 8.26. The van der Waals surface area contributed by atoms with Crippen LogP contribution < -0.4 is 14.5 Å². The van der Waals surface area contributed by atoms with Crippen LogP contribution in [0.1, 0.15) is 61.2 Å². The molecule has 170 valence electrons. The number of benzene rings is 3. The van der Waals surface area contributed by atoms with Crippen LogP contribution in [-0.4, -0.2) is 32.0 Å². The van der Waals surface area contributed by atoms with E-state index in [0.717, 1.165) is 71.3 Å². The molecule has 4 heteroatoms. The summed E-state index contributed by atoms with van der Waals surface area (Å²) in [5, 5.41) is 0. The van der Waals surface area contributed by atoms with E-state index in [1.165, 1.54) is 0 Å². The Labute approximate surface area is 196 Å². The Kier molecular flexibility index (Phi) is 5.40. The summed E-state index contributed by atoms with van der Waals surface area (Å²) in [6.07, 6.45) is 0.435. The molecule has 33 heavy (non-hydrogen) atoms. The van der Waals surface area contributed by atoms with E-state index in [2.05, 4.69) is 80.0 Å². The number of nitrogens with zero attached hydrogens (tertiary/aromatic N) is 2. The van der Waals surface area contributed by atoms with Crippen molar-refractivity contribution >= 4 is 17.2 Å². The van der Waals surface area contributed by atoms with Crippen molar-refractivity contribution in [3.63, 3.8) is 0 Å². The normalized spacial score (nSPS) is 15.0. The lowest BCUT2D eigenvalue weighted by atomic mass is 9.68. The van der Waals surface area contributed by atoms with Crippen molar-refractivity contribution < 1.29 is 9.53 Å². The van der Waals surface area contributed by atoms with Gasteiger partial charge in [0, 0.05) is 72.8 Å². The van der Waals surface area contributed by atoms with E-state index in [0.29, 0.717) is 6.42 Å². The zero-order chi connectivity index (χ0) is 23.2. The molecular weight excluding hydrogens is 408 g/mol. The molecule has 0 atom stereocenters. The first-order valence-corrected chi connectivity index (χ1v) is 12.2. The van der Waals surface area contributed by atoms with Crippen LogP contribution in [0.25, 0.3) is 0 Å². The summed E-state index contributed by atoms with van der Waals surface area (Å²) < 4.78 is 6.61. The third-order valence-corrected chi connectivity index (χ3v) is 7.44. The van der Waals surface area contributed by atoms with Gasteiger partial charge in [-0.05, 0) is 45.4 Å². The molecule has 0 radical (unpaired) electrons. The topological polar surface area (TPSA) is 32.8 Å². The van der Waals surface area contributed by atoms with Crippen LogP contribution in [-0.2, 0) is 5.41 Å². The molecule has 0 N–H and O–H groups in total. The molecular formula is C29H32N2O2. The fourth-order valence-electron chi connectivity index (χ4n) is 5.74. The molecule has 2 aliphatic rings. The van der Waals surface area contributed by atoms with Gasteiger partial charge in [0.25, 0.3) is 0 Å². The van der Waals surface area contributed by atoms with Gasteiger partial charge < -0.3 is 14.5 Å². The van der Waals surface area contributed by atoms with Gasteiger partial charge in [0.1, 0.15) is 11.5 Å². The Balaban J connectivity index is 1.76. The molecule has 0 aromatic heterocycles. The van der Waals surface area contributed by atoms with Crippen LogP contribution >= 0.6 is 0 Å². The lowest BCUT2D eigenvalue weighted by molar-refractivity contribution is 0.0983. The minimum Gasteiger partial charge on any atom is -0.457 e. The molecule has 5 rings (SSSR count). The maximum atomic E-state index is 13.2. The number of fused-ring (bicyclic) bond motifs is 6. The number of Topliss-reactive ketones (excluding diaryl/α,β-unsaturated/α-hetero) is 1. The van der Waals surface area contributed by atoms with Crippen LogP contribution in [0.2, 0.25) is 0 Å². The lowest BCUT2D eigenvalue weighted by Gasteiger charge is -2.39. The fourth-order valence-corrected chi connectivity index (χ4v) is 5.74. The molecule has 3 aromatic carbocycles. The predicted molar refractivity (Wildman–Crippen MR) is 135 cm³/mol. The second-order valence-corrected chi connectivity index (χ2v) is 8.86. The molecule has 1 aliphatic heterocycles. The number of ether oxygens (including phenoxy) is 1. The monoisotopic (exact) mass is 440 g/mol. The average molecular weight is 441 g/mol. The minimum atomic E-state index is -0.514. The summed E-state index contributed by atoms with van der Waals surface area (Å²) in [5.41, 5.74) is 5.87. The summed E-state index contributed by atoms with van der Waals surface area (Å²) in [4.78, 5) is 17.9. The van der Waals surface area contributed by atoms with Gasteiger partial charge in [-0.2, -0.15) is 0 Å². The van der Waals surface area contributed by atoms with Crippen LogP contribution in [0, 0.1) is 0 Å². The van der Waals surface area contributed by atoms with E-state index in [4.69, 9.17) is 4.74 Å². The number of carbonyl (C=O) groups excluding carboxylic acids is 1. The van der Waals surface area contributed by atoms with Crippen molar-refractivity contribution in [2.24, 2.45) is 0 Å². The van der Waals surface area contributed by atoms with Gasteiger partial charge in [-0.1, -0.05) is 36.4 Å². The molecule has 1 spiro atoms. The zero-order valence-electron chi connectivity index (χ0n) is 20.0. The molecule has 0 fully saturated rings. The van der Waals surface area contributed by atoms with Gasteiger partial charge in [-0.25, -0.2) is 0 Å². The van der Waals surface area contributed by atoms with E-state index in [-0.39, 0.29) is 5.78 Å². The van der Waals surface area contributed by atoms with Crippen molar-refractivity contribution in [2.45, 2.75) is 39.5 Å². The fraction of sp³-hybridized carbons (Fsp3) is 0.345. The summed E-state index contributed by atoms with van der Waals surface area (Å²) in [6.45, 7) is 12.4. The molecule has 1 aliphatic carbocycles. The number of ketones is 1.